The first kappa shape index (κ1) is 33.9. The molecule has 0 spiro atoms. The van der Waals surface area contributed by atoms with Crippen molar-refractivity contribution in [3.63, 3.8) is 0 Å². The van der Waals surface area contributed by atoms with Gasteiger partial charge in [0.15, 0.2) is 28.8 Å². The number of carboxylic acid groups (broad SMARTS) is 1. The molecule has 47 heavy (non-hydrogen) atoms. The first-order valence-corrected chi connectivity index (χ1v) is 14.0. The van der Waals surface area contributed by atoms with Crippen LogP contribution in [0.2, 0.25) is 0 Å². The van der Waals surface area contributed by atoms with Gasteiger partial charge < -0.3 is 34.9 Å². The van der Waals surface area contributed by atoms with E-state index in [2.05, 4.69) is 27.0 Å². The van der Waals surface area contributed by atoms with Crippen LogP contribution < -0.4 is 26.2 Å². The number of nitriles is 1. The largest absolute Gasteiger partial charge is 0.493 e. The summed E-state index contributed by atoms with van der Waals surface area (Å²) in [6, 6.07) is 6.12. The number of halogens is 1. The fourth-order valence-electron chi connectivity index (χ4n) is 4.69. The van der Waals surface area contributed by atoms with Gasteiger partial charge in [0.05, 0.1) is 32.2 Å². The molecule has 0 amide bonds. The summed E-state index contributed by atoms with van der Waals surface area (Å²) >= 11 is 0. The number of hydrogen-bond donors (Lipinski definition) is 4. The molecule has 0 aliphatic rings. The average Bonchev–Trinajstić information content (AvgIpc) is 3.61. The average molecular weight is 649 g/mol. The lowest BCUT2D eigenvalue weighted by Crippen LogP contribution is -2.32. The van der Waals surface area contributed by atoms with Crippen LogP contribution in [0.5, 0.6) is 11.5 Å². The third-order valence-corrected chi connectivity index (χ3v) is 6.75. The molecule has 2 heterocycles. The van der Waals surface area contributed by atoms with Crippen molar-refractivity contribution in [2.24, 2.45) is 5.73 Å². The van der Waals surface area contributed by atoms with E-state index in [-0.39, 0.29) is 57.8 Å². The van der Waals surface area contributed by atoms with Gasteiger partial charge in [-0.25, -0.2) is 23.8 Å². The second kappa shape index (κ2) is 13.6. The van der Waals surface area contributed by atoms with E-state index in [1.54, 1.807) is 20.8 Å². The summed E-state index contributed by atoms with van der Waals surface area (Å²) < 4.78 is 33.7. The Kier molecular flexibility index (Phi) is 9.81. The quantitative estimate of drug-likeness (QED) is 0.129. The first-order chi connectivity index (χ1) is 22.2. The van der Waals surface area contributed by atoms with Gasteiger partial charge in [-0.3, -0.25) is 4.98 Å². The van der Waals surface area contributed by atoms with Crippen molar-refractivity contribution < 1.29 is 33.3 Å². The number of allylic oxidation sites excluding steroid dienone is 1. The molecule has 0 fully saturated rings. The highest BCUT2D eigenvalue weighted by atomic mass is 19.1. The molecule has 2 atom stereocenters. The highest BCUT2D eigenvalue weighted by molar-refractivity contribution is 5.89. The van der Waals surface area contributed by atoms with E-state index in [1.807, 2.05) is 6.07 Å². The number of aromatic nitrogens is 5. The number of nitrogens with zero attached hydrogens (tertiary/aromatic N) is 5. The number of imidazole rings is 1. The van der Waals surface area contributed by atoms with E-state index >= 15 is 4.39 Å². The summed E-state index contributed by atoms with van der Waals surface area (Å²) in [5.41, 5.74) is 4.56. The Bertz CT molecular complexity index is 1930. The Morgan fingerprint density at radius 2 is 1.89 bits per heavy atom. The van der Waals surface area contributed by atoms with Gasteiger partial charge in [-0.05, 0) is 50.6 Å². The molecule has 0 saturated heterocycles. The number of aromatic amines is 1. The SMILES string of the molecule is C=CCn1cnc(-n2nc(C(Nc3ccc(C#N)c(C(N)C(=O)OC(C)(C)C)c3)c3cc(OC)c(OC)cc3F)[nH]c2=O)c1C(=O)O. The summed E-state index contributed by atoms with van der Waals surface area (Å²) in [4.78, 5) is 44.7. The van der Waals surface area contributed by atoms with Gasteiger partial charge in [-0.1, -0.05) is 6.08 Å². The number of carbonyl (C=O) groups excluding carboxylic acids is 1. The maximum Gasteiger partial charge on any atom is 0.356 e. The lowest BCUT2D eigenvalue weighted by molar-refractivity contribution is -0.156. The number of carboxylic acids is 1. The number of rotatable bonds is 12. The first-order valence-electron chi connectivity index (χ1n) is 14.0. The number of benzene rings is 2. The van der Waals surface area contributed by atoms with E-state index in [0.717, 1.165) is 10.7 Å². The standard InChI is InChI=1S/C31H33FN8O7/c1-7-10-39-15-35-27(25(39)28(41)42)40-30(44)37-26(38-40)24(19-12-21(45-5)22(46-6)13-20(19)32)36-17-9-8-16(14-33)18(11-17)23(34)29(43)47-31(2,3)4/h7-9,11-13,15,23-24,36H,1,10,34H2,2-6H3,(H,41,42)(H,37,38,44). The topological polar surface area (TPSA) is 212 Å². The molecule has 0 radical (unpaired) electrons. The second-order valence-corrected chi connectivity index (χ2v) is 11.1. The molecule has 4 rings (SSSR count). The number of ether oxygens (including phenoxy) is 3. The zero-order chi connectivity index (χ0) is 34.6. The van der Waals surface area contributed by atoms with Crippen molar-refractivity contribution >= 4 is 17.6 Å². The van der Waals surface area contributed by atoms with Crippen molar-refractivity contribution in [2.45, 2.75) is 45.0 Å². The molecule has 2 aromatic carbocycles. The van der Waals surface area contributed by atoms with Crippen LogP contribution in [-0.4, -0.2) is 61.2 Å². The molecule has 246 valence electrons. The van der Waals surface area contributed by atoms with E-state index in [0.29, 0.717) is 0 Å². The highest BCUT2D eigenvalue weighted by Gasteiger charge is 2.30. The number of nitrogens with two attached hydrogens (primary N) is 1. The molecule has 4 aromatic rings. The lowest BCUT2D eigenvalue weighted by atomic mass is 9.99. The lowest BCUT2D eigenvalue weighted by Gasteiger charge is -2.24. The summed E-state index contributed by atoms with van der Waals surface area (Å²) in [7, 11) is 2.69. The molecule has 16 heteroatoms. The number of aromatic carboxylic acids is 1. The predicted octanol–water partition coefficient (Wildman–Crippen LogP) is 3.21. The number of methoxy groups -OCH3 is 2. The molecule has 0 aliphatic carbocycles. The molecule has 2 aromatic heterocycles. The van der Waals surface area contributed by atoms with E-state index in [1.165, 1.54) is 55.5 Å². The summed E-state index contributed by atoms with van der Waals surface area (Å²) in [6.07, 6.45) is 2.67. The third kappa shape index (κ3) is 7.15. The summed E-state index contributed by atoms with van der Waals surface area (Å²) in [5.74, 6) is -3.13. The van der Waals surface area contributed by atoms with Crippen LogP contribution in [0.3, 0.4) is 0 Å². The van der Waals surface area contributed by atoms with Gasteiger partial charge in [0, 0.05) is 23.9 Å². The van der Waals surface area contributed by atoms with Crippen LogP contribution in [0.4, 0.5) is 10.1 Å². The molecular formula is C31H33FN8O7. The maximum atomic E-state index is 15.7. The normalized spacial score (nSPS) is 12.5. The Morgan fingerprint density at radius 3 is 2.49 bits per heavy atom. The fraction of sp³-hybridized carbons (Fsp3) is 0.290. The van der Waals surface area contributed by atoms with Gasteiger partial charge >= 0.3 is 17.6 Å². The number of esters is 1. The molecule has 2 unspecified atom stereocenters. The third-order valence-electron chi connectivity index (χ3n) is 6.75. The van der Waals surface area contributed by atoms with Crippen molar-refractivity contribution in [1.82, 2.24) is 24.3 Å². The number of H-pyrrole nitrogens is 1. The molecule has 0 bridgehead atoms. The van der Waals surface area contributed by atoms with E-state index in [4.69, 9.17) is 19.9 Å². The van der Waals surface area contributed by atoms with E-state index < -0.39 is 41.1 Å². The van der Waals surface area contributed by atoms with Crippen LogP contribution in [-0.2, 0) is 16.1 Å². The van der Waals surface area contributed by atoms with Crippen LogP contribution in [0.25, 0.3) is 5.82 Å². The minimum atomic E-state index is -1.37. The number of anilines is 1. The fourth-order valence-corrected chi connectivity index (χ4v) is 4.69. The van der Waals surface area contributed by atoms with Crippen LogP contribution in [0.1, 0.15) is 65.9 Å². The molecule has 0 aliphatic heterocycles. The highest BCUT2D eigenvalue weighted by Crippen LogP contribution is 2.36. The predicted molar refractivity (Wildman–Crippen MR) is 166 cm³/mol. The van der Waals surface area contributed by atoms with E-state index in [9.17, 15) is 24.8 Å². The molecule has 0 saturated carbocycles. The van der Waals surface area contributed by atoms with Gasteiger partial charge in [-0.15, -0.1) is 11.7 Å². The zero-order valence-corrected chi connectivity index (χ0v) is 26.2. The van der Waals surface area contributed by atoms with Crippen molar-refractivity contribution in [1.29, 1.82) is 5.26 Å². The van der Waals surface area contributed by atoms with Crippen LogP contribution in [0, 0.1) is 17.1 Å². The number of carbonyl (C=O) groups is 2. The minimum absolute atomic E-state index is 0.0680. The number of nitrogens with one attached hydrogen (secondary N) is 2. The van der Waals surface area contributed by atoms with Crippen molar-refractivity contribution in [3.8, 4) is 23.4 Å². The van der Waals surface area contributed by atoms with Crippen LogP contribution >= 0.6 is 0 Å². The number of hydrogen-bond acceptors (Lipinski definition) is 11. The van der Waals surface area contributed by atoms with Gasteiger partial charge in [-0.2, -0.15) is 9.94 Å². The Hall–Kier alpha value is -5.95. The molecule has 5 N–H and O–H groups in total. The van der Waals surface area contributed by atoms with Gasteiger partial charge in [0.1, 0.15) is 23.5 Å². The monoisotopic (exact) mass is 648 g/mol. The van der Waals surface area contributed by atoms with Crippen molar-refractivity contribution in [2.75, 3.05) is 19.5 Å². The summed E-state index contributed by atoms with van der Waals surface area (Å²) in [6.45, 7) is 8.71. The summed E-state index contributed by atoms with van der Waals surface area (Å²) in [5, 5.41) is 27.0. The zero-order valence-electron chi connectivity index (χ0n) is 26.2. The smallest absolute Gasteiger partial charge is 0.356 e. The second-order valence-electron chi connectivity index (χ2n) is 11.1. The van der Waals surface area contributed by atoms with Gasteiger partial charge in [0.2, 0.25) is 0 Å². The molecule has 15 nitrogen and oxygen atoms in total. The Balaban J connectivity index is 1.88. The minimum Gasteiger partial charge on any atom is -0.493 e. The maximum absolute atomic E-state index is 15.7. The van der Waals surface area contributed by atoms with Crippen molar-refractivity contribution in [3.05, 3.63) is 93.8 Å². The Labute approximate surface area is 268 Å². The Morgan fingerprint density at radius 1 is 1.21 bits per heavy atom. The van der Waals surface area contributed by atoms with Gasteiger partial charge in [0.25, 0.3) is 0 Å². The molecular weight excluding hydrogens is 615 g/mol. The van der Waals surface area contributed by atoms with Crippen LogP contribution in [0.15, 0.2) is 54.1 Å².